The van der Waals surface area contributed by atoms with E-state index in [4.69, 9.17) is 5.11 Å². The summed E-state index contributed by atoms with van der Waals surface area (Å²) in [5.74, 6) is -0.745. The number of carbonyl (C=O) groups is 1. The predicted molar refractivity (Wildman–Crippen MR) is 86.8 cm³/mol. The van der Waals surface area contributed by atoms with E-state index in [9.17, 15) is 4.79 Å². The van der Waals surface area contributed by atoms with Crippen LogP contribution < -0.4 is 5.32 Å². The molecule has 0 aliphatic carbocycles. The van der Waals surface area contributed by atoms with Crippen LogP contribution in [0.4, 0.5) is 0 Å². The van der Waals surface area contributed by atoms with E-state index in [1.807, 2.05) is 14.1 Å². The molecule has 118 valence electrons. The molecule has 4 nitrogen and oxygen atoms in total. The van der Waals surface area contributed by atoms with E-state index < -0.39 is 5.97 Å². The summed E-state index contributed by atoms with van der Waals surface area (Å²) in [4.78, 5) is 13.2. The lowest BCUT2D eigenvalue weighted by molar-refractivity contribution is -0.137. The van der Waals surface area contributed by atoms with Crippen molar-refractivity contribution in [3.05, 3.63) is 34.9 Å². The molecule has 1 aromatic carbocycles. The quantitative estimate of drug-likeness (QED) is 0.685. The minimum Gasteiger partial charge on any atom is -0.481 e. The fourth-order valence-corrected chi connectivity index (χ4v) is 2.47. The first-order chi connectivity index (χ1) is 9.88. The third kappa shape index (κ3) is 7.25. The van der Waals surface area contributed by atoms with Crippen LogP contribution in [0.3, 0.4) is 0 Å². The number of nitrogens with zero attached hydrogens (tertiary/aromatic N) is 1. The number of aliphatic carboxylic acids is 1. The molecule has 0 amide bonds. The summed E-state index contributed by atoms with van der Waals surface area (Å²) in [7, 11) is 4.09. The normalized spacial score (nSPS) is 12.6. The van der Waals surface area contributed by atoms with Gasteiger partial charge in [-0.25, -0.2) is 0 Å². The van der Waals surface area contributed by atoms with E-state index in [0.717, 1.165) is 25.9 Å². The zero-order chi connectivity index (χ0) is 15.8. The Morgan fingerprint density at radius 1 is 1.33 bits per heavy atom. The molecule has 0 bridgehead atoms. The predicted octanol–water partition coefficient (Wildman–Crippen LogP) is 2.23. The number of carboxylic acids is 1. The Morgan fingerprint density at radius 3 is 2.62 bits per heavy atom. The Bertz CT molecular complexity index is 458. The summed E-state index contributed by atoms with van der Waals surface area (Å²) >= 11 is 0. The second-order valence-corrected chi connectivity index (χ2v) is 6.04. The van der Waals surface area contributed by atoms with Crippen molar-refractivity contribution in [2.24, 2.45) is 0 Å². The van der Waals surface area contributed by atoms with Gasteiger partial charge in [-0.05, 0) is 65.0 Å². The Labute approximate surface area is 128 Å². The maximum absolute atomic E-state index is 11.0. The molecule has 21 heavy (non-hydrogen) atoms. The fraction of sp³-hybridized carbons (Fsp3) is 0.588. The summed E-state index contributed by atoms with van der Waals surface area (Å²) in [6.07, 6.45) is 1.95. The average Bonchev–Trinajstić information content (AvgIpc) is 2.36. The van der Waals surface area contributed by atoms with Gasteiger partial charge in [0.1, 0.15) is 0 Å². The minimum atomic E-state index is -0.745. The Hall–Kier alpha value is -1.39. The lowest BCUT2D eigenvalue weighted by atomic mass is 9.97. The average molecular weight is 292 g/mol. The van der Waals surface area contributed by atoms with Crippen molar-refractivity contribution in [3.8, 4) is 0 Å². The number of benzene rings is 1. The third-order valence-corrected chi connectivity index (χ3v) is 3.60. The van der Waals surface area contributed by atoms with Crippen molar-refractivity contribution < 1.29 is 9.90 Å². The molecule has 0 aromatic heterocycles. The standard InChI is InChI=1S/C17H28N2O2/c1-13-6-7-15(14(2)10-13)11-16(12-17(20)21)18-8-5-9-19(3)4/h6-7,10,16,18H,5,8-9,11-12H2,1-4H3,(H,20,21). The smallest absolute Gasteiger partial charge is 0.304 e. The van der Waals surface area contributed by atoms with Crippen LogP contribution in [0.2, 0.25) is 0 Å². The molecule has 0 radical (unpaired) electrons. The zero-order valence-electron chi connectivity index (χ0n) is 13.6. The molecular formula is C17H28N2O2. The van der Waals surface area contributed by atoms with Gasteiger partial charge >= 0.3 is 5.97 Å². The van der Waals surface area contributed by atoms with Crippen molar-refractivity contribution in [2.75, 3.05) is 27.2 Å². The van der Waals surface area contributed by atoms with E-state index in [2.05, 4.69) is 42.3 Å². The summed E-state index contributed by atoms with van der Waals surface area (Å²) in [6.45, 7) is 6.02. The topological polar surface area (TPSA) is 52.6 Å². The number of hydrogen-bond acceptors (Lipinski definition) is 3. The molecule has 0 spiro atoms. The number of rotatable bonds is 9. The lowest BCUT2D eigenvalue weighted by Crippen LogP contribution is -2.35. The van der Waals surface area contributed by atoms with Gasteiger partial charge in [-0.15, -0.1) is 0 Å². The first-order valence-corrected chi connectivity index (χ1v) is 7.54. The SMILES string of the molecule is Cc1ccc(CC(CC(=O)O)NCCCN(C)C)c(C)c1. The summed E-state index contributed by atoms with van der Waals surface area (Å²) < 4.78 is 0. The van der Waals surface area contributed by atoms with E-state index in [-0.39, 0.29) is 12.5 Å². The molecule has 0 saturated heterocycles. The molecule has 1 rings (SSSR count). The molecule has 0 aliphatic rings. The summed E-state index contributed by atoms with van der Waals surface area (Å²) in [5.41, 5.74) is 3.71. The van der Waals surface area contributed by atoms with Crippen LogP contribution in [0.15, 0.2) is 18.2 Å². The zero-order valence-corrected chi connectivity index (χ0v) is 13.6. The van der Waals surface area contributed by atoms with Crippen molar-refractivity contribution >= 4 is 5.97 Å². The lowest BCUT2D eigenvalue weighted by Gasteiger charge is -2.19. The minimum absolute atomic E-state index is 0.00827. The second-order valence-electron chi connectivity index (χ2n) is 6.04. The van der Waals surface area contributed by atoms with Gasteiger partial charge in [-0.3, -0.25) is 4.79 Å². The van der Waals surface area contributed by atoms with E-state index in [1.54, 1.807) is 0 Å². The number of nitrogens with one attached hydrogen (secondary N) is 1. The molecule has 0 saturated carbocycles. The number of hydrogen-bond donors (Lipinski definition) is 2. The molecule has 1 atom stereocenters. The van der Waals surface area contributed by atoms with Crippen molar-refractivity contribution in [3.63, 3.8) is 0 Å². The third-order valence-electron chi connectivity index (χ3n) is 3.60. The van der Waals surface area contributed by atoms with Gasteiger partial charge in [0.15, 0.2) is 0 Å². The Balaban J connectivity index is 2.58. The van der Waals surface area contributed by atoms with Crippen molar-refractivity contribution in [1.82, 2.24) is 10.2 Å². The van der Waals surface area contributed by atoms with Crippen LogP contribution in [-0.4, -0.2) is 49.2 Å². The highest BCUT2D eigenvalue weighted by atomic mass is 16.4. The maximum atomic E-state index is 11.0. The molecule has 0 heterocycles. The molecule has 0 aliphatic heterocycles. The first-order valence-electron chi connectivity index (χ1n) is 7.54. The fourth-order valence-electron chi connectivity index (χ4n) is 2.47. The van der Waals surface area contributed by atoms with Crippen molar-refractivity contribution in [2.45, 2.75) is 39.2 Å². The Morgan fingerprint density at radius 2 is 2.05 bits per heavy atom. The summed E-state index contributed by atoms with van der Waals surface area (Å²) in [6, 6.07) is 6.35. The van der Waals surface area contributed by atoms with Gasteiger partial charge in [-0.2, -0.15) is 0 Å². The molecule has 1 unspecified atom stereocenters. The highest BCUT2D eigenvalue weighted by Gasteiger charge is 2.14. The monoisotopic (exact) mass is 292 g/mol. The second kappa shape index (κ2) is 8.80. The van der Waals surface area contributed by atoms with Crippen LogP contribution in [-0.2, 0) is 11.2 Å². The van der Waals surface area contributed by atoms with E-state index >= 15 is 0 Å². The van der Waals surface area contributed by atoms with Crippen LogP contribution >= 0.6 is 0 Å². The van der Waals surface area contributed by atoms with Gasteiger partial charge < -0.3 is 15.3 Å². The summed E-state index contributed by atoms with van der Waals surface area (Å²) in [5, 5.41) is 12.5. The van der Waals surface area contributed by atoms with Crippen LogP contribution in [0.1, 0.15) is 29.5 Å². The van der Waals surface area contributed by atoms with Crippen LogP contribution in [0, 0.1) is 13.8 Å². The van der Waals surface area contributed by atoms with E-state index in [0.29, 0.717) is 0 Å². The molecule has 2 N–H and O–H groups in total. The highest BCUT2D eigenvalue weighted by molar-refractivity contribution is 5.67. The highest BCUT2D eigenvalue weighted by Crippen LogP contribution is 2.14. The Kier molecular flexibility index (Phi) is 7.40. The van der Waals surface area contributed by atoms with Gasteiger partial charge in [0.25, 0.3) is 0 Å². The van der Waals surface area contributed by atoms with E-state index in [1.165, 1.54) is 16.7 Å². The molecule has 0 fully saturated rings. The molecule has 4 heteroatoms. The maximum Gasteiger partial charge on any atom is 0.304 e. The van der Waals surface area contributed by atoms with Crippen LogP contribution in [0.5, 0.6) is 0 Å². The van der Waals surface area contributed by atoms with Crippen LogP contribution in [0.25, 0.3) is 0 Å². The van der Waals surface area contributed by atoms with Crippen molar-refractivity contribution in [1.29, 1.82) is 0 Å². The van der Waals surface area contributed by atoms with Gasteiger partial charge in [0, 0.05) is 6.04 Å². The molecular weight excluding hydrogens is 264 g/mol. The van der Waals surface area contributed by atoms with Gasteiger partial charge in [0.05, 0.1) is 6.42 Å². The molecule has 1 aromatic rings. The first kappa shape index (κ1) is 17.7. The number of carboxylic acid groups (broad SMARTS) is 1. The van der Waals surface area contributed by atoms with Gasteiger partial charge in [0.2, 0.25) is 0 Å². The number of aryl methyl sites for hydroxylation is 2. The van der Waals surface area contributed by atoms with Gasteiger partial charge in [-0.1, -0.05) is 23.8 Å². The largest absolute Gasteiger partial charge is 0.481 e.